The molecule has 2 N–H and O–H groups in total. The molecule has 0 spiro atoms. The lowest BCUT2D eigenvalue weighted by atomic mass is 9.88. The number of rotatable bonds is 2. The highest BCUT2D eigenvalue weighted by Crippen LogP contribution is 2.48. The van der Waals surface area contributed by atoms with Crippen LogP contribution in [0.4, 0.5) is 0 Å². The van der Waals surface area contributed by atoms with E-state index in [9.17, 15) is 0 Å². The highest BCUT2D eigenvalue weighted by atomic mass is 32.2. The maximum Gasteiger partial charge on any atom is 0.101 e. The van der Waals surface area contributed by atoms with Gasteiger partial charge in [-0.25, -0.2) is 0 Å². The molecule has 18 heavy (non-hydrogen) atoms. The van der Waals surface area contributed by atoms with Gasteiger partial charge >= 0.3 is 0 Å². The van der Waals surface area contributed by atoms with E-state index in [4.69, 9.17) is 18.0 Å². The van der Waals surface area contributed by atoms with E-state index in [-0.39, 0.29) is 5.54 Å². The largest absolute Gasteiger partial charge is 0.390 e. The summed E-state index contributed by atoms with van der Waals surface area (Å²) >= 11 is 7.12. The van der Waals surface area contributed by atoms with Crippen molar-refractivity contribution in [2.45, 2.75) is 18.9 Å². The Balaban J connectivity index is 2.05. The standard InChI is InChI=1S/C13H15N3S2/c1-13(9-3-2-4-15-6-9)5-10(12(14)17)11-7-18-8-16(11)13/h2-4,6H,5,7-8H2,1H3,(H2,14,17). The summed E-state index contributed by atoms with van der Waals surface area (Å²) in [5, 5.41) is 0. The second-order valence-corrected chi connectivity index (χ2v) is 6.28. The fourth-order valence-corrected chi connectivity index (χ4v) is 4.22. The summed E-state index contributed by atoms with van der Waals surface area (Å²) in [4.78, 5) is 7.22. The number of hydrogen-bond acceptors (Lipinski definition) is 4. The molecule has 3 rings (SSSR count). The van der Waals surface area contributed by atoms with Crippen LogP contribution in [0.1, 0.15) is 18.9 Å². The molecule has 0 saturated carbocycles. The molecule has 94 valence electrons. The van der Waals surface area contributed by atoms with Crippen molar-refractivity contribution < 1.29 is 0 Å². The summed E-state index contributed by atoms with van der Waals surface area (Å²) < 4.78 is 0. The molecule has 3 heterocycles. The van der Waals surface area contributed by atoms with Gasteiger partial charge in [-0.15, -0.1) is 11.8 Å². The highest BCUT2D eigenvalue weighted by molar-refractivity contribution is 7.99. The molecule has 5 heteroatoms. The number of thioether (sulfide) groups is 1. The number of pyridine rings is 1. The van der Waals surface area contributed by atoms with Gasteiger partial charge in [0, 0.05) is 35.8 Å². The molecule has 1 aromatic heterocycles. The quantitative estimate of drug-likeness (QED) is 0.840. The van der Waals surface area contributed by atoms with Gasteiger partial charge < -0.3 is 10.6 Å². The van der Waals surface area contributed by atoms with Gasteiger partial charge in [0.2, 0.25) is 0 Å². The average Bonchev–Trinajstić information content (AvgIpc) is 2.94. The predicted octanol–water partition coefficient (Wildman–Crippen LogP) is 2.25. The lowest BCUT2D eigenvalue weighted by Crippen LogP contribution is -2.37. The molecule has 0 aliphatic carbocycles. The highest BCUT2D eigenvalue weighted by Gasteiger charge is 2.45. The first kappa shape index (κ1) is 12.0. The monoisotopic (exact) mass is 277 g/mol. The molecule has 2 aliphatic heterocycles. The summed E-state index contributed by atoms with van der Waals surface area (Å²) in [6.45, 7) is 2.25. The van der Waals surface area contributed by atoms with Crippen LogP contribution in [0, 0.1) is 0 Å². The van der Waals surface area contributed by atoms with Gasteiger partial charge in [0.15, 0.2) is 0 Å². The molecular weight excluding hydrogens is 262 g/mol. The first-order valence-corrected chi connectivity index (χ1v) is 7.47. The zero-order valence-electron chi connectivity index (χ0n) is 10.2. The number of aromatic nitrogens is 1. The normalized spacial score (nSPS) is 26.6. The Bertz CT molecular complexity index is 526. The predicted molar refractivity (Wildman–Crippen MR) is 79.2 cm³/mol. The number of hydrogen-bond donors (Lipinski definition) is 1. The van der Waals surface area contributed by atoms with Crippen molar-refractivity contribution in [2.75, 3.05) is 11.6 Å². The molecule has 0 bridgehead atoms. The van der Waals surface area contributed by atoms with Crippen LogP contribution in [-0.4, -0.2) is 26.5 Å². The van der Waals surface area contributed by atoms with Crippen molar-refractivity contribution in [3.8, 4) is 0 Å². The molecule has 1 saturated heterocycles. The smallest absolute Gasteiger partial charge is 0.101 e. The third kappa shape index (κ3) is 1.65. The number of nitrogens with two attached hydrogens (primary N) is 1. The molecule has 1 aromatic rings. The minimum absolute atomic E-state index is 0.0497. The molecule has 1 fully saturated rings. The van der Waals surface area contributed by atoms with Crippen molar-refractivity contribution in [1.82, 2.24) is 9.88 Å². The summed E-state index contributed by atoms with van der Waals surface area (Å²) in [7, 11) is 0. The van der Waals surface area contributed by atoms with Crippen molar-refractivity contribution >= 4 is 29.0 Å². The zero-order chi connectivity index (χ0) is 12.8. The second kappa shape index (κ2) is 4.24. The molecule has 2 aliphatic rings. The van der Waals surface area contributed by atoms with E-state index in [0.717, 1.165) is 23.6 Å². The molecule has 1 unspecified atom stereocenters. The Kier molecular flexibility index (Phi) is 2.83. The van der Waals surface area contributed by atoms with E-state index in [1.165, 1.54) is 11.3 Å². The fourth-order valence-electron chi connectivity index (χ4n) is 2.79. The van der Waals surface area contributed by atoms with Gasteiger partial charge in [-0.1, -0.05) is 18.3 Å². The van der Waals surface area contributed by atoms with Crippen LogP contribution in [0.5, 0.6) is 0 Å². The minimum atomic E-state index is -0.0497. The van der Waals surface area contributed by atoms with Crippen LogP contribution in [0.25, 0.3) is 0 Å². The Morgan fingerprint density at radius 2 is 2.44 bits per heavy atom. The van der Waals surface area contributed by atoms with E-state index >= 15 is 0 Å². The first-order valence-electron chi connectivity index (χ1n) is 5.90. The van der Waals surface area contributed by atoms with Crippen LogP contribution in [-0.2, 0) is 5.54 Å². The van der Waals surface area contributed by atoms with Crippen LogP contribution in [0.15, 0.2) is 35.8 Å². The van der Waals surface area contributed by atoms with Crippen LogP contribution in [0.2, 0.25) is 0 Å². The maximum atomic E-state index is 5.87. The van der Waals surface area contributed by atoms with Crippen molar-refractivity contribution in [3.63, 3.8) is 0 Å². The zero-order valence-corrected chi connectivity index (χ0v) is 11.9. The summed E-state index contributed by atoms with van der Waals surface area (Å²) in [5.74, 6) is 2.02. The third-order valence-electron chi connectivity index (χ3n) is 3.83. The van der Waals surface area contributed by atoms with Gasteiger partial charge in [0.05, 0.1) is 11.4 Å². The number of fused-ring (bicyclic) bond motifs is 1. The third-order valence-corrected chi connectivity index (χ3v) is 5.00. The van der Waals surface area contributed by atoms with Crippen LogP contribution >= 0.6 is 24.0 Å². The lowest BCUT2D eigenvalue weighted by molar-refractivity contribution is 0.209. The summed E-state index contributed by atoms with van der Waals surface area (Å²) in [6, 6.07) is 4.12. The molecule has 0 amide bonds. The average molecular weight is 277 g/mol. The van der Waals surface area contributed by atoms with Gasteiger partial charge in [-0.05, 0) is 18.6 Å². The van der Waals surface area contributed by atoms with Gasteiger partial charge in [-0.3, -0.25) is 4.98 Å². The minimum Gasteiger partial charge on any atom is -0.390 e. The Labute approximate surface area is 116 Å². The molecule has 0 aromatic carbocycles. The van der Waals surface area contributed by atoms with E-state index < -0.39 is 0 Å². The van der Waals surface area contributed by atoms with Crippen LogP contribution < -0.4 is 5.73 Å². The second-order valence-electron chi connectivity index (χ2n) is 4.89. The van der Waals surface area contributed by atoms with Crippen molar-refractivity contribution in [1.29, 1.82) is 0 Å². The van der Waals surface area contributed by atoms with Gasteiger partial charge in [0.25, 0.3) is 0 Å². The van der Waals surface area contributed by atoms with E-state index in [0.29, 0.717) is 4.99 Å². The number of nitrogens with zero attached hydrogens (tertiary/aromatic N) is 2. The van der Waals surface area contributed by atoms with Crippen molar-refractivity contribution in [2.24, 2.45) is 5.73 Å². The van der Waals surface area contributed by atoms with Crippen LogP contribution in [0.3, 0.4) is 0 Å². The maximum absolute atomic E-state index is 5.87. The van der Waals surface area contributed by atoms with E-state index in [1.54, 1.807) is 0 Å². The Morgan fingerprint density at radius 1 is 1.61 bits per heavy atom. The Hall–Kier alpha value is -1.07. The summed E-state index contributed by atoms with van der Waals surface area (Å²) in [6.07, 6.45) is 4.65. The topological polar surface area (TPSA) is 42.1 Å². The first-order chi connectivity index (χ1) is 8.63. The summed E-state index contributed by atoms with van der Waals surface area (Å²) in [5.41, 5.74) is 9.53. The molecular formula is C13H15N3S2. The molecule has 0 radical (unpaired) electrons. The van der Waals surface area contributed by atoms with E-state index in [1.807, 2.05) is 30.2 Å². The molecule has 1 atom stereocenters. The molecule has 3 nitrogen and oxygen atoms in total. The lowest BCUT2D eigenvalue weighted by Gasteiger charge is -2.35. The van der Waals surface area contributed by atoms with Gasteiger partial charge in [-0.2, -0.15) is 0 Å². The van der Waals surface area contributed by atoms with E-state index in [2.05, 4.69) is 22.9 Å². The SMILES string of the molecule is CC1(c2cccnc2)CC(C(N)=S)=C2CSCN21. The Morgan fingerprint density at radius 3 is 3.11 bits per heavy atom. The fraction of sp³-hybridized carbons (Fsp3) is 0.385. The van der Waals surface area contributed by atoms with Gasteiger partial charge in [0.1, 0.15) is 4.99 Å². The van der Waals surface area contributed by atoms with Crippen molar-refractivity contribution in [3.05, 3.63) is 41.4 Å². The number of thiocarbonyl (C=S) groups is 1.